The molecule has 0 saturated heterocycles. The van der Waals surface area contributed by atoms with Gasteiger partial charge in [0.2, 0.25) is 0 Å². The average Bonchev–Trinajstić information content (AvgIpc) is 2.53. The minimum absolute atomic E-state index is 0. The first-order chi connectivity index (χ1) is 10.6. The molecular formula is C16H25FIN3O2. The van der Waals surface area contributed by atoms with Crippen molar-refractivity contribution in [1.29, 1.82) is 0 Å². The van der Waals surface area contributed by atoms with Crippen LogP contribution in [0.5, 0.6) is 5.75 Å². The predicted octanol–water partition coefficient (Wildman–Crippen LogP) is 2.42. The molecule has 2 rings (SSSR count). The predicted molar refractivity (Wildman–Crippen MR) is 99.8 cm³/mol. The van der Waals surface area contributed by atoms with Crippen LogP contribution in [-0.2, 0) is 0 Å². The summed E-state index contributed by atoms with van der Waals surface area (Å²) in [6.45, 7) is 0.262. The molecule has 4 N–H and O–H groups in total. The highest BCUT2D eigenvalue weighted by Gasteiger charge is 2.13. The molecule has 5 nitrogen and oxygen atoms in total. The van der Waals surface area contributed by atoms with Gasteiger partial charge in [0.25, 0.3) is 0 Å². The summed E-state index contributed by atoms with van der Waals surface area (Å²) in [5.74, 6) is 0.560. The lowest BCUT2D eigenvalue weighted by Crippen LogP contribution is -2.41. The van der Waals surface area contributed by atoms with E-state index in [1.54, 1.807) is 0 Å². The average molecular weight is 437 g/mol. The Morgan fingerprint density at radius 1 is 1.30 bits per heavy atom. The van der Waals surface area contributed by atoms with Crippen molar-refractivity contribution in [2.24, 2.45) is 10.7 Å². The summed E-state index contributed by atoms with van der Waals surface area (Å²) in [6.07, 6.45) is 5.21. The number of benzene rings is 1. The van der Waals surface area contributed by atoms with E-state index in [1.165, 1.54) is 43.5 Å². The van der Waals surface area contributed by atoms with Crippen LogP contribution < -0.4 is 15.8 Å². The number of guanidine groups is 1. The maximum atomic E-state index is 12.7. The number of hydrogen-bond donors (Lipinski definition) is 3. The molecule has 130 valence electrons. The third-order valence-electron chi connectivity index (χ3n) is 3.69. The number of nitrogens with zero attached hydrogens (tertiary/aromatic N) is 1. The van der Waals surface area contributed by atoms with Crippen LogP contribution in [0.4, 0.5) is 4.39 Å². The van der Waals surface area contributed by atoms with Crippen LogP contribution in [0.1, 0.15) is 32.1 Å². The van der Waals surface area contributed by atoms with Crippen molar-refractivity contribution < 1.29 is 14.2 Å². The lowest BCUT2D eigenvalue weighted by atomic mass is 9.96. The lowest BCUT2D eigenvalue weighted by Gasteiger charge is -2.23. The number of nitrogens with two attached hydrogens (primary N) is 1. The van der Waals surface area contributed by atoms with E-state index in [2.05, 4.69) is 10.3 Å². The number of ether oxygens (including phenoxy) is 1. The summed E-state index contributed by atoms with van der Waals surface area (Å²) in [7, 11) is 0. The number of halogens is 2. The van der Waals surface area contributed by atoms with E-state index >= 15 is 0 Å². The maximum absolute atomic E-state index is 12.7. The standard InChI is InChI=1S/C16H24FN3O2.HI/c17-12-6-8-15(9-7-12)22-11-14(21)10-19-16(18)20-13-4-2-1-3-5-13;/h6-9,13-14,21H,1-5,10-11H2,(H3,18,19,20);1H. The van der Waals surface area contributed by atoms with Crippen molar-refractivity contribution in [3.05, 3.63) is 30.1 Å². The zero-order valence-electron chi connectivity index (χ0n) is 13.1. The summed E-state index contributed by atoms with van der Waals surface area (Å²) in [4.78, 5) is 4.14. The first-order valence-corrected chi connectivity index (χ1v) is 7.76. The highest BCUT2D eigenvalue weighted by Crippen LogP contribution is 2.17. The number of aliphatic hydroxyl groups is 1. The SMILES string of the molecule is I.NC(=NCC(O)COc1ccc(F)cc1)NC1CCCCC1. The molecule has 0 radical (unpaired) electrons. The van der Waals surface area contributed by atoms with Gasteiger partial charge in [0.05, 0.1) is 6.54 Å². The second-order valence-corrected chi connectivity index (χ2v) is 5.62. The first-order valence-electron chi connectivity index (χ1n) is 7.76. The molecule has 0 spiro atoms. The summed E-state index contributed by atoms with van der Waals surface area (Å²) >= 11 is 0. The molecule has 0 amide bonds. The smallest absolute Gasteiger partial charge is 0.188 e. The van der Waals surface area contributed by atoms with Gasteiger partial charge in [-0.3, -0.25) is 4.99 Å². The Balaban J connectivity index is 0.00000264. The van der Waals surface area contributed by atoms with Gasteiger partial charge < -0.3 is 20.9 Å². The molecule has 1 fully saturated rings. The Bertz CT molecular complexity index is 479. The second kappa shape index (κ2) is 10.6. The third kappa shape index (κ3) is 7.83. The Morgan fingerprint density at radius 3 is 2.61 bits per heavy atom. The first kappa shape index (κ1) is 20.0. The van der Waals surface area contributed by atoms with Crippen molar-refractivity contribution in [3.63, 3.8) is 0 Å². The van der Waals surface area contributed by atoms with E-state index in [0.717, 1.165) is 12.8 Å². The van der Waals surface area contributed by atoms with Crippen LogP contribution in [0.15, 0.2) is 29.3 Å². The van der Waals surface area contributed by atoms with Gasteiger partial charge >= 0.3 is 0 Å². The number of nitrogens with one attached hydrogen (secondary N) is 1. The molecule has 0 aromatic heterocycles. The number of rotatable bonds is 6. The van der Waals surface area contributed by atoms with Gasteiger partial charge in [-0.25, -0.2) is 4.39 Å². The third-order valence-corrected chi connectivity index (χ3v) is 3.69. The van der Waals surface area contributed by atoms with E-state index in [-0.39, 0.29) is 42.9 Å². The van der Waals surface area contributed by atoms with Gasteiger partial charge in [0.1, 0.15) is 24.3 Å². The van der Waals surface area contributed by atoms with E-state index in [0.29, 0.717) is 17.8 Å². The number of hydrogen-bond acceptors (Lipinski definition) is 3. The molecule has 1 aliphatic carbocycles. The second-order valence-electron chi connectivity index (χ2n) is 5.62. The van der Waals surface area contributed by atoms with E-state index in [4.69, 9.17) is 10.5 Å². The van der Waals surface area contributed by atoms with Crippen LogP contribution in [0, 0.1) is 5.82 Å². The topological polar surface area (TPSA) is 79.9 Å². The summed E-state index contributed by atoms with van der Waals surface area (Å²) in [5.41, 5.74) is 5.82. The Kier molecular flexibility index (Phi) is 9.23. The Hall–Kier alpha value is -1.09. The molecule has 1 aromatic rings. The fourth-order valence-corrected chi connectivity index (χ4v) is 2.48. The van der Waals surface area contributed by atoms with Crippen molar-refractivity contribution >= 4 is 29.9 Å². The maximum Gasteiger partial charge on any atom is 0.188 e. The molecule has 1 aromatic carbocycles. The van der Waals surface area contributed by atoms with Crippen LogP contribution in [0.3, 0.4) is 0 Å². The van der Waals surface area contributed by atoms with E-state index < -0.39 is 6.10 Å². The highest BCUT2D eigenvalue weighted by atomic mass is 127. The zero-order valence-corrected chi connectivity index (χ0v) is 15.4. The fraction of sp³-hybridized carbons (Fsp3) is 0.562. The van der Waals surface area contributed by atoms with Gasteiger partial charge in [0.15, 0.2) is 5.96 Å². The number of aliphatic imine (C=N–C) groups is 1. The van der Waals surface area contributed by atoms with Gasteiger partial charge in [-0.1, -0.05) is 19.3 Å². The monoisotopic (exact) mass is 437 g/mol. The minimum Gasteiger partial charge on any atom is -0.491 e. The zero-order chi connectivity index (χ0) is 15.8. The summed E-state index contributed by atoms with van der Waals surface area (Å²) < 4.78 is 18.1. The van der Waals surface area contributed by atoms with E-state index in [1.807, 2.05) is 0 Å². The van der Waals surface area contributed by atoms with Gasteiger partial charge in [0, 0.05) is 6.04 Å². The molecule has 23 heavy (non-hydrogen) atoms. The largest absolute Gasteiger partial charge is 0.491 e. The van der Waals surface area contributed by atoms with Crippen LogP contribution >= 0.6 is 24.0 Å². The minimum atomic E-state index is -0.753. The van der Waals surface area contributed by atoms with Crippen molar-refractivity contribution in [2.45, 2.75) is 44.2 Å². The molecule has 0 aliphatic heterocycles. The van der Waals surface area contributed by atoms with Crippen molar-refractivity contribution in [2.75, 3.05) is 13.2 Å². The molecular weight excluding hydrogens is 412 g/mol. The van der Waals surface area contributed by atoms with Crippen molar-refractivity contribution in [1.82, 2.24) is 5.32 Å². The van der Waals surface area contributed by atoms with Crippen LogP contribution in [0.2, 0.25) is 0 Å². The van der Waals surface area contributed by atoms with E-state index in [9.17, 15) is 9.50 Å². The molecule has 1 saturated carbocycles. The Morgan fingerprint density at radius 2 is 1.96 bits per heavy atom. The Labute approximate surface area is 153 Å². The normalized spacial score (nSPS) is 17.2. The molecule has 1 aliphatic rings. The highest BCUT2D eigenvalue weighted by molar-refractivity contribution is 14.0. The molecule has 1 unspecified atom stereocenters. The molecule has 1 atom stereocenters. The van der Waals surface area contributed by atoms with Crippen LogP contribution in [0.25, 0.3) is 0 Å². The summed E-state index contributed by atoms with van der Waals surface area (Å²) in [6, 6.07) is 6.05. The van der Waals surface area contributed by atoms with Crippen molar-refractivity contribution in [3.8, 4) is 5.75 Å². The quantitative estimate of drug-likeness (QED) is 0.363. The van der Waals surface area contributed by atoms with Gasteiger partial charge in [-0.15, -0.1) is 24.0 Å². The number of aliphatic hydroxyl groups excluding tert-OH is 1. The molecule has 0 bridgehead atoms. The van der Waals surface area contributed by atoms with Gasteiger partial charge in [-0.2, -0.15) is 0 Å². The van der Waals surface area contributed by atoms with Crippen LogP contribution in [-0.4, -0.2) is 36.4 Å². The molecule has 0 heterocycles. The molecule has 7 heteroatoms. The fourth-order valence-electron chi connectivity index (χ4n) is 2.48. The van der Waals surface area contributed by atoms with Gasteiger partial charge in [-0.05, 0) is 37.1 Å². The summed E-state index contributed by atoms with van der Waals surface area (Å²) in [5, 5.41) is 13.0. The lowest BCUT2D eigenvalue weighted by molar-refractivity contribution is 0.114.